The second-order valence-corrected chi connectivity index (χ2v) is 6.98. The van der Waals surface area contributed by atoms with Gasteiger partial charge in [0.2, 0.25) is 0 Å². The maximum absolute atomic E-state index is 13.8. The molecule has 0 aromatic heterocycles. The molecule has 0 bridgehead atoms. The summed E-state index contributed by atoms with van der Waals surface area (Å²) in [5, 5.41) is 0. The van der Waals surface area contributed by atoms with Crippen LogP contribution in [0.3, 0.4) is 0 Å². The van der Waals surface area contributed by atoms with Gasteiger partial charge in [0.1, 0.15) is 5.82 Å². The van der Waals surface area contributed by atoms with E-state index in [9.17, 15) is 17.6 Å². The Morgan fingerprint density at radius 1 is 1.08 bits per heavy atom. The molecule has 0 aliphatic carbocycles. The molecule has 0 unspecified atom stereocenters. The summed E-state index contributed by atoms with van der Waals surface area (Å²) in [6.45, 7) is 8.00. The Kier molecular flexibility index (Phi) is 5.05. The molecule has 0 spiro atoms. The van der Waals surface area contributed by atoms with Crippen molar-refractivity contribution in [2.24, 2.45) is 0 Å². The Bertz CT molecular complexity index is 585. The molecule has 8 heteroatoms. The van der Waals surface area contributed by atoms with Crippen molar-refractivity contribution in [2.75, 3.05) is 0 Å². The number of hydrogen-bond donors (Lipinski definition) is 0. The van der Waals surface area contributed by atoms with Crippen LogP contribution >= 0.6 is 0 Å². The molecular weight excluding hydrogens is 327 g/mol. The Morgan fingerprint density at radius 3 is 2.12 bits per heavy atom. The highest BCUT2D eigenvalue weighted by molar-refractivity contribution is 6.62. The second-order valence-electron chi connectivity index (χ2n) is 6.98. The average Bonchev–Trinajstić information content (AvgIpc) is 2.63. The molecule has 1 aromatic carbocycles. The first-order chi connectivity index (χ1) is 10.8. The van der Waals surface area contributed by atoms with Gasteiger partial charge in [-0.15, -0.1) is 0 Å². The SMILES string of the molecule is C[C@@H](OCc1cc(F)cc(B2OC(C)(C)C(C)(C)O2)c1)C(F)(F)F. The molecule has 3 nitrogen and oxygen atoms in total. The monoisotopic (exact) mass is 348 g/mol. The third-order valence-corrected chi connectivity index (χ3v) is 4.47. The van der Waals surface area contributed by atoms with Crippen LogP contribution in [0.5, 0.6) is 0 Å². The van der Waals surface area contributed by atoms with Gasteiger partial charge in [-0.3, -0.25) is 0 Å². The van der Waals surface area contributed by atoms with Gasteiger partial charge in [-0.1, -0.05) is 6.07 Å². The molecule has 1 fully saturated rings. The second kappa shape index (κ2) is 6.31. The summed E-state index contributed by atoms with van der Waals surface area (Å²) >= 11 is 0. The molecule has 1 heterocycles. The summed E-state index contributed by atoms with van der Waals surface area (Å²) < 4.78 is 67.7. The van der Waals surface area contributed by atoms with E-state index in [1.54, 1.807) is 0 Å². The molecular formula is C16H21BF4O3. The molecule has 1 aromatic rings. The normalized spacial score (nSPS) is 21.1. The van der Waals surface area contributed by atoms with Crippen molar-refractivity contribution in [3.05, 3.63) is 29.6 Å². The molecule has 0 N–H and O–H groups in total. The number of benzene rings is 1. The summed E-state index contributed by atoms with van der Waals surface area (Å²) in [6, 6.07) is 3.92. The van der Waals surface area contributed by atoms with Gasteiger partial charge < -0.3 is 14.0 Å². The molecule has 0 radical (unpaired) electrons. The average molecular weight is 348 g/mol. The maximum atomic E-state index is 13.8. The van der Waals surface area contributed by atoms with Crippen LogP contribution in [0.2, 0.25) is 0 Å². The summed E-state index contributed by atoms with van der Waals surface area (Å²) in [5.41, 5.74) is -0.487. The summed E-state index contributed by atoms with van der Waals surface area (Å²) in [7, 11) is -0.788. The van der Waals surface area contributed by atoms with Crippen molar-refractivity contribution < 1.29 is 31.6 Å². The van der Waals surface area contributed by atoms with Gasteiger partial charge in [0.05, 0.1) is 17.8 Å². The van der Waals surface area contributed by atoms with Crippen molar-refractivity contribution in [3.8, 4) is 0 Å². The quantitative estimate of drug-likeness (QED) is 0.615. The number of rotatable bonds is 4. The molecule has 1 saturated heterocycles. The Balaban J connectivity index is 2.15. The highest BCUT2D eigenvalue weighted by Crippen LogP contribution is 2.36. The van der Waals surface area contributed by atoms with E-state index in [4.69, 9.17) is 14.0 Å². The Hall–Kier alpha value is -1.12. The van der Waals surface area contributed by atoms with Crippen LogP contribution in [0.15, 0.2) is 18.2 Å². The lowest BCUT2D eigenvalue weighted by atomic mass is 9.78. The third kappa shape index (κ3) is 4.10. The van der Waals surface area contributed by atoms with E-state index in [1.165, 1.54) is 12.1 Å². The molecule has 2 rings (SSSR count). The van der Waals surface area contributed by atoms with Crippen LogP contribution in [0, 0.1) is 5.82 Å². The van der Waals surface area contributed by atoms with Gasteiger partial charge in [-0.2, -0.15) is 13.2 Å². The molecule has 1 aliphatic rings. The van der Waals surface area contributed by atoms with E-state index in [0.29, 0.717) is 5.46 Å². The van der Waals surface area contributed by atoms with Crippen LogP contribution in [0.25, 0.3) is 0 Å². The van der Waals surface area contributed by atoms with Crippen LogP contribution in [0.1, 0.15) is 40.2 Å². The number of alkyl halides is 3. The summed E-state index contributed by atoms with van der Waals surface area (Å²) in [5.74, 6) is -0.583. The first-order valence-electron chi connectivity index (χ1n) is 7.65. The zero-order valence-electron chi connectivity index (χ0n) is 14.3. The van der Waals surface area contributed by atoms with Gasteiger partial charge in [0.15, 0.2) is 6.10 Å². The molecule has 1 atom stereocenters. The number of hydrogen-bond acceptors (Lipinski definition) is 3. The van der Waals surface area contributed by atoms with Gasteiger partial charge in [0.25, 0.3) is 0 Å². The van der Waals surface area contributed by atoms with Gasteiger partial charge in [-0.05, 0) is 57.8 Å². The van der Waals surface area contributed by atoms with Crippen LogP contribution in [-0.4, -0.2) is 30.6 Å². The lowest BCUT2D eigenvalue weighted by Gasteiger charge is -2.32. The highest BCUT2D eigenvalue weighted by Gasteiger charge is 2.51. The third-order valence-electron chi connectivity index (χ3n) is 4.47. The zero-order chi connectivity index (χ0) is 18.3. The first kappa shape index (κ1) is 19.2. The molecule has 0 saturated carbocycles. The molecule has 0 amide bonds. The largest absolute Gasteiger partial charge is 0.494 e. The minimum Gasteiger partial charge on any atom is -0.399 e. The highest BCUT2D eigenvalue weighted by atomic mass is 19.4. The zero-order valence-corrected chi connectivity index (χ0v) is 14.3. The van der Waals surface area contributed by atoms with E-state index in [2.05, 4.69) is 0 Å². The van der Waals surface area contributed by atoms with Crippen LogP contribution in [0.4, 0.5) is 17.6 Å². The van der Waals surface area contributed by atoms with E-state index >= 15 is 0 Å². The van der Waals surface area contributed by atoms with Crippen molar-refractivity contribution in [2.45, 2.75) is 64.7 Å². The first-order valence-corrected chi connectivity index (χ1v) is 7.65. The smallest absolute Gasteiger partial charge is 0.399 e. The fraction of sp³-hybridized carbons (Fsp3) is 0.625. The van der Waals surface area contributed by atoms with E-state index in [-0.39, 0.29) is 12.2 Å². The lowest BCUT2D eigenvalue weighted by Crippen LogP contribution is -2.41. The van der Waals surface area contributed by atoms with Crippen molar-refractivity contribution in [1.29, 1.82) is 0 Å². The van der Waals surface area contributed by atoms with Gasteiger partial charge >= 0.3 is 13.3 Å². The topological polar surface area (TPSA) is 27.7 Å². The van der Waals surface area contributed by atoms with Gasteiger partial charge in [0, 0.05) is 0 Å². The molecule has 1 aliphatic heterocycles. The van der Waals surface area contributed by atoms with Crippen LogP contribution < -0.4 is 5.46 Å². The standard InChI is InChI=1S/C16H21BF4O3/c1-10(16(19,20)21)22-9-11-6-12(8-13(18)7-11)17-23-14(2,3)15(4,5)24-17/h6-8,10H,9H2,1-5H3/t10-/m1/s1. The van der Waals surface area contributed by atoms with Gasteiger partial charge in [-0.25, -0.2) is 4.39 Å². The minimum atomic E-state index is -4.46. The Morgan fingerprint density at radius 2 is 1.62 bits per heavy atom. The molecule has 24 heavy (non-hydrogen) atoms. The number of halogens is 4. The van der Waals surface area contributed by atoms with E-state index in [0.717, 1.165) is 13.0 Å². The van der Waals surface area contributed by atoms with E-state index < -0.39 is 36.4 Å². The Labute approximate surface area is 139 Å². The van der Waals surface area contributed by atoms with Crippen molar-refractivity contribution in [3.63, 3.8) is 0 Å². The summed E-state index contributed by atoms with van der Waals surface area (Å²) in [4.78, 5) is 0. The molecule has 134 valence electrons. The van der Waals surface area contributed by atoms with Crippen LogP contribution in [-0.2, 0) is 20.7 Å². The predicted molar refractivity (Wildman–Crippen MR) is 82.4 cm³/mol. The summed E-state index contributed by atoms with van der Waals surface area (Å²) in [6.07, 6.45) is -6.39. The lowest BCUT2D eigenvalue weighted by molar-refractivity contribution is -0.217. The fourth-order valence-corrected chi connectivity index (χ4v) is 2.19. The minimum absolute atomic E-state index is 0.288. The van der Waals surface area contributed by atoms with E-state index in [1.807, 2.05) is 27.7 Å². The van der Waals surface area contributed by atoms with Crippen molar-refractivity contribution >= 4 is 12.6 Å². The maximum Gasteiger partial charge on any atom is 0.494 e. The number of ether oxygens (including phenoxy) is 1. The fourth-order valence-electron chi connectivity index (χ4n) is 2.19. The van der Waals surface area contributed by atoms with Crippen molar-refractivity contribution in [1.82, 2.24) is 0 Å². The predicted octanol–water partition coefficient (Wildman–Crippen LogP) is 3.59.